The minimum absolute atomic E-state index is 0.786. The van der Waals surface area contributed by atoms with Crippen molar-refractivity contribution in [3.63, 3.8) is 0 Å². The standard InChI is InChI=1S/C53H35N3OS/c1-34(11-3-2-4-12-39-13-7-9-27-54-39)35-17-22-48-42(29-35)43-30-36(18-23-49(43)56(48)40-21-26-53-46(33-40)41-14-5-6-16-52(41)58-53)37-19-24-50-44(31-37)45-32-38(20-25-51(45)57-50)47-15-8-10-28-55-47/h2-11,13-33H,1,12H2/b4-2-,11-3-. The van der Waals surface area contributed by atoms with Crippen LogP contribution in [-0.4, -0.2) is 14.5 Å². The zero-order valence-electron chi connectivity index (χ0n) is 31.5. The molecule has 5 heterocycles. The van der Waals surface area contributed by atoms with Crippen molar-refractivity contribution < 1.29 is 4.42 Å². The maximum Gasteiger partial charge on any atom is 0.135 e. The van der Waals surface area contributed by atoms with Gasteiger partial charge in [-0.2, -0.15) is 0 Å². The van der Waals surface area contributed by atoms with Crippen LogP contribution in [0.25, 0.3) is 97.6 Å². The van der Waals surface area contributed by atoms with Crippen molar-refractivity contribution in [2.45, 2.75) is 6.42 Å². The predicted molar refractivity (Wildman–Crippen MR) is 245 cm³/mol. The number of pyridine rings is 2. The molecule has 0 aliphatic carbocycles. The van der Waals surface area contributed by atoms with Gasteiger partial charge in [0.2, 0.25) is 0 Å². The number of rotatable bonds is 8. The van der Waals surface area contributed by atoms with Gasteiger partial charge in [-0.15, -0.1) is 11.3 Å². The van der Waals surface area contributed by atoms with Crippen LogP contribution in [0.3, 0.4) is 0 Å². The van der Waals surface area contributed by atoms with Crippen LogP contribution in [0.5, 0.6) is 0 Å². The largest absolute Gasteiger partial charge is 0.456 e. The fraction of sp³-hybridized carbons (Fsp3) is 0.0189. The van der Waals surface area contributed by atoms with Gasteiger partial charge in [-0.25, -0.2) is 0 Å². The van der Waals surface area contributed by atoms with Crippen LogP contribution in [0.2, 0.25) is 0 Å². The van der Waals surface area contributed by atoms with Crippen LogP contribution < -0.4 is 0 Å². The number of allylic oxidation sites excluding steroid dienone is 5. The zero-order chi connectivity index (χ0) is 38.6. The van der Waals surface area contributed by atoms with E-state index in [0.717, 1.165) is 84.3 Å². The molecule has 0 saturated carbocycles. The summed E-state index contributed by atoms with van der Waals surface area (Å²) in [6.45, 7) is 4.48. The molecule has 0 aliphatic rings. The van der Waals surface area contributed by atoms with Crippen LogP contribution in [0.1, 0.15) is 11.3 Å². The molecular formula is C53H35N3OS. The summed E-state index contributed by atoms with van der Waals surface area (Å²) in [5.74, 6) is 0. The normalized spacial score (nSPS) is 12.1. The Kier molecular flexibility index (Phi) is 8.19. The Morgan fingerprint density at radius 1 is 0.569 bits per heavy atom. The van der Waals surface area contributed by atoms with Crippen molar-refractivity contribution in [2.75, 3.05) is 0 Å². The van der Waals surface area contributed by atoms with E-state index in [4.69, 9.17) is 4.42 Å². The smallest absolute Gasteiger partial charge is 0.135 e. The topological polar surface area (TPSA) is 43.9 Å². The highest BCUT2D eigenvalue weighted by molar-refractivity contribution is 7.25. The molecule has 6 aromatic carbocycles. The monoisotopic (exact) mass is 761 g/mol. The molecular weight excluding hydrogens is 727 g/mol. The summed E-state index contributed by atoms with van der Waals surface area (Å²) in [6.07, 6.45) is 12.8. The van der Waals surface area contributed by atoms with Gasteiger partial charge in [-0.1, -0.05) is 79.4 Å². The van der Waals surface area contributed by atoms with Gasteiger partial charge in [-0.3, -0.25) is 9.97 Å². The predicted octanol–water partition coefficient (Wildman–Crippen LogP) is 14.5. The number of furan rings is 1. The lowest BCUT2D eigenvalue weighted by Gasteiger charge is -2.09. The molecule has 11 aromatic rings. The average Bonchev–Trinajstić information content (AvgIpc) is 3.95. The van der Waals surface area contributed by atoms with Gasteiger partial charge in [0, 0.05) is 77.5 Å². The molecule has 274 valence electrons. The Morgan fingerprint density at radius 3 is 2.07 bits per heavy atom. The first-order valence-electron chi connectivity index (χ1n) is 19.4. The lowest BCUT2D eigenvalue weighted by molar-refractivity contribution is 0.669. The Morgan fingerprint density at radius 2 is 1.26 bits per heavy atom. The number of hydrogen-bond donors (Lipinski definition) is 0. The number of nitrogens with zero attached hydrogens (tertiary/aromatic N) is 3. The number of hydrogen-bond acceptors (Lipinski definition) is 4. The molecule has 58 heavy (non-hydrogen) atoms. The molecule has 0 fully saturated rings. The lowest BCUT2D eigenvalue weighted by Crippen LogP contribution is -1.93. The summed E-state index contributed by atoms with van der Waals surface area (Å²) < 4.78 is 11.3. The molecule has 0 saturated heterocycles. The molecule has 0 radical (unpaired) electrons. The first-order valence-corrected chi connectivity index (χ1v) is 20.3. The maximum absolute atomic E-state index is 6.32. The summed E-state index contributed by atoms with van der Waals surface area (Å²) in [7, 11) is 0. The molecule has 0 bridgehead atoms. The van der Waals surface area contributed by atoms with Crippen molar-refractivity contribution in [3.8, 4) is 28.1 Å². The lowest BCUT2D eigenvalue weighted by atomic mass is 9.99. The summed E-state index contributed by atoms with van der Waals surface area (Å²) in [5, 5.41) is 7.11. The van der Waals surface area contributed by atoms with Crippen molar-refractivity contribution in [1.82, 2.24) is 14.5 Å². The Bertz CT molecular complexity index is 3440. The molecule has 0 N–H and O–H groups in total. The molecule has 0 amide bonds. The Balaban J connectivity index is 1.03. The summed E-state index contributed by atoms with van der Waals surface area (Å²) >= 11 is 1.85. The molecule has 0 atom stereocenters. The van der Waals surface area contributed by atoms with Gasteiger partial charge in [0.05, 0.1) is 16.7 Å². The molecule has 5 heteroatoms. The summed E-state index contributed by atoms with van der Waals surface area (Å²) in [6, 6.07) is 54.0. The number of fused-ring (bicyclic) bond motifs is 9. The van der Waals surface area contributed by atoms with E-state index in [2.05, 4.69) is 161 Å². The van der Waals surface area contributed by atoms with E-state index < -0.39 is 0 Å². The van der Waals surface area contributed by atoms with E-state index in [-0.39, 0.29) is 0 Å². The highest BCUT2D eigenvalue weighted by atomic mass is 32.1. The minimum Gasteiger partial charge on any atom is -0.456 e. The van der Waals surface area contributed by atoms with Gasteiger partial charge < -0.3 is 8.98 Å². The van der Waals surface area contributed by atoms with Crippen LogP contribution in [-0.2, 0) is 6.42 Å². The number of aromatic nitrogens is 3. The van der Waals surface area contributed by atoms with Crippen LogP contribution in [0, 0.1) is 0 Å². The van der Waals surface area contributed by atoms with Gasteiger partial charge in [0.25, 0.3) is 0 Å². The molecule has 5 aromatic heterocycles. The highest BCUT2D eigenvalue weighted by Crippen LogP contribution is 2.41. The second kappa shape index (κ2) is 14.0. The fourth-order valence-electron chi connectivity index (χ4n) is 8.24. The second-order valence-corrected chi connectivity index (χ2v) is 15.7. The van der Waals surface area contributed by atoms with Crippen molar-refractivity contribution in [1.29, 1.82) is 0 Å². The van der Waals surface area contributed by atoms with Crippen molar-refractivity contribution in [2.24, 2.45) is 0 Å². The molecule has 0 spiro atoms. The number of thiophene rings is 1. The molecule has 11 rings (SSSR count). The third kappa shape index (κ3) is 5.92. The molecule has 4 nitrogen and oxygen atoms in total. The minimum atomic E-state index is 0.786. The molecule has 0 unspecified atom stereocenters. The van der Waals surface area contributed by atoms with Gasteiger partial charge in [0.1, 0.15) is 11.2 Å². The first-order chi connectivity index (χ1) is 28.6. The number of benzene rings is 6. The Hall–Kier alpha value is -7.34. The quantitative estimate of drug-likeness (QED) is 0.145. The van der Waals surface area contributed by atoms with Crippen molar-refractivity contribution in [3.05, 3.63) is 206 Å². The second-order valence-electron chi connectivity index (χ2n) is 14.7. The van der Waals surface area contributed by atoms with E-state index >= 15 is 0 Å². The highest BCUT2D eigenvalue weighted by Gasteiger charge is 2.17. The van der Waals surface area contributed by atoms with E-state index in [1.165, 1.54) is 30.9 Å². The Labute approximate surface area is 339 Å². The average molecular weight is 762 g/mol. The fourth-order valence-corrected chi connectivity index (χ4v) is 9.32. The van der Waals surface area contributed by atoms with Gasteiger partial charge >= 0.3 is 0 Å². The van der Waals surface area contributed by atoms with E-state index in [9.17, 15) is 0 Å². The maximum atomic E-state index is 6.32. The van der Waals surface area contributed by atoms with Crippen LogP contribution in [0.4, 0.5) is 0 Å². The van der Waals surface area contributed by atoms with E-state index in [1.54, 1.807) is 0 Å². The third-order valence-electron chi connectivity index (χ3n) is 11.1. The van der Waals surface area contributed by atoms with Gasteiger partial charge in [-0.05, 0) is 125 Å². The summed E-state index contributed by atoms with van der Waals surface area (Å²) in [5.41, 5.74) is 12.6. The third-order valence-corrected chi connectivity index (χ3v) is 12.3. The zero-order valence-corrected chi connectivity index (χ0v) is 32.3. The van der Waals surface area contributed by atoms with Crippen LogP contribution >= 0.6 is 11.3 Å². The van der Waals surface area contributed by atoms with E-state index in [1.807, 2.05) is 60.1 Å². The van der Waals surface area contributed by atoms with E-state index in [0.29, 0.717) is 0 Å². The van der Waals surface area contributed by atoms with Crippen LogP contribution in [0.15, 0.2) is 199 Å². The first kappa shape index (κ1) is 34.0. The van der Waals surface area contributed by atoms with Crippen molar-refractivity contribution >= 4 is 80.8 Å². The SMILES string of the molecule is C=C(/C=C\C=C/Cc1ccccn1)c1ccc2c(c1)c1cc(-c3ccc4oc5ccc(-c6ccccn6)cc5c4c3)ccc1n2-c1ccc2sc3ccccc3c2c1. The molecule has 0 aliphatic heterocycles. The van der Waals surface area contributed by atoms with Gasteiger partial charge in [0.15, 0.2) is 0 Å². The summed E-state index contributed by atoms with van der Waals surface area (Å²) in [4.78, 5) is 9.01.